The molecule has 2 atom stereocenters. The fraction of sp³-hybridized carbons (Fsp3) is 0.455. The summed E-state index contributed by atoms with van der Waals surface area (Å²) >= 11 is 0. The number of nitro groups is 1. The van der Waals surface area contributed by atoms with Crippen LogP contribution in [-0.4, -0.2) is 19.9 Å². The molecule has 0 heterocycles. The van der Waals surface area contributed by atoms with Gasteiger partial charge in [0.2, 0.25) is 10.0 Å². The molecule has 2 unspecified atom stereocenters. The number of nitrogens with one attached hydrogen (secondary N) is 2. The Morgan fingerprint density at radius 2 is 2.15 bits per heavy atom. The smallest absolute Gasteiger partial charge is 0.313 e. The maximum Gasteiger partial charge on any atom is 0.313 e. The molecule has 1 fully saturated rings. The van der Waals surface area contributed by atoms with Gasteiger partial charge in [0.05, 0.1) is 4.92 Å². The molecule has 0 spiro atoms. The number of nitrogens with two attached hydrogens (primary N) is 1. The Balaban J connectivity index is 2.32. The number of nitro benzene ring substituents is 1. The number of nitrogen functional groups attached to an aromatic ring is 1. The van der Waals surface area contributed by atoms with Crippen molar-refractivity contribution in [1.29, 1.82) is 0 Å². The van der Waals surface area contributed by atoms with Gasteiger partial charge < -0.3 is 5.43 Å². The number of sulfonamides is 1. The van der Waals surface area contributed by atoms with Crippen molar-refractivity contribution in [3.63, 3.8) is 0 Å². The summed E-state index contributed by atoms with van der Waals surface area (Å²) in [5.41, 5.74) is 1.55. The number of rotatable bonds is 6. The summed E-state index contributed by atoms with van der Waals surface area (Å²) in [5.74, 6) is 5.98. The molecule has 1 aromatic carbocycles. The Morgan fingerprint density at radius 3 is 2.65 bits per heavy atom. The van der Waals surface area contributed by atoms with Crippen LogP contribution in [0.5, 0.6) is 0 Å². The van der Waals surface area contributed by atoms with E-state index >= 15 is 0 Å². The minimum atomic E-state index is -3.93. The first kappa shape index (κ1) is 14.7. The van der Waals surface area contributed by atoms with Crippen LogP contribution in [-0.2, 0) is 10.0 Å². The zero-order valence-corrected chi connectivity index (χ0v) is 11.7. The maximum absolute atomic E-state index is 12.2. The third-order valence-corrected chi connectivity index (χ3v) is 4.89. The van der Waals surface area contributed by atoms with Gasteiger partial charge in [-0.2, -0.15) is 0 Å². The molecule has 0 saturated heterocycles. The van der Waals surface area contributed by atoms with Gasteiger partial charge in [-0.05, 0) is 30.4 Å². The van der Waals surface area contributed by atoms with E-state index in [4.69, 9.17) is 5.84 Å². The van der Waals surface area contributed by atoms with Crippen LogP contribution in [0.15, 0.2) is 23.1 Å². The average Bonchev–Trinajstić information content (AvgIpc) is 3.11. The lowest BCUT2D eigenvalue weighted by Crippen LogP contribution is -2.27. The third kappa shape index (κ3) is 2.89. The van der Waals surface area contributed by atoms with Crippen LogP contribution in [0, 0.1) is 22.0 Å². The standard InChI is InChI=1S/C11H16N4O4S/c1-7-5-8(7)6-13-20(18,19)10-4-2-3-9(14-12)11(10)15(16)17/h2-4,7-8,13-14H,5-6,12H2,1H3. The first-order valence-electron chi connectivity index (χ1n) is 6.10. The Labute approximate surface area is 116 Å². The molecule has 2 rings (SSSR count). The van der Waals surface area contributed by atoms with Crippen LogP contribution in [0.2, 0.25) is 0 Å². The summed E-state index contributed by atoms with van der Waals surface area (Å²) in [6.07, 6.45) is 0.967. The first-order chi connectivity index (χ1) is 9.36. The fourth-order valence-electron chi connectivity index (χ4n) is 2.02. The van der Waals surface area contributed by atoms with Gasteiger partial charge in [0.15, 0.2) is 4.90 Å². The highest BCUT2D eigenvalue weighted by molar-refractivity contribution is 7.89. The number of nitrogens with zero attached hydrogens (tertiary/aromatic N) is 1. The van der Waals surface area contributed by atoms with E-state index in [1.165, 1.54) is 18.2 Å². The van der Waals surface area contributed by atoms with Crippen LogP contribution in [0.3, 0.4) is 0 Å². The molecule has 1 saturated carbocycles. The molecule has 20 heavy (non-hydrogen) atoms. The SMILES string of the molecule is CC1CC1CNS(=O)(=O)c1cccc(NN)c1[N+](=O)[O-]. The van der Waals surface area contributed by atoms with E-state index in [0.29, 0.717) is 18.4 Å². The number of benzene rings is 1. The van der Waals surface area contributed by atoms with Crippen LogP contribution < -0.4 is 16.0 Å². The van der Waals surface area contributed by atoms with E-state index in [1.54, 1.807) is 0 Å². The predicted molar refractivity (Wildman–Crippen MR) is 73.4 cm³/mol. The quantitative estimate of drug-likeness (QED) is 0.405. The largest absolute Gasteiger partial charge is 0.318 e. The molecule has 110 valence electrons. The molecule has 0 aliphatic heterocycles. The summed E-state index contributed by atoms with van der Waals surface area (Å²) in [7, 11) is -3.93. The minimum absolute atomic E-state index is 0.0438. The lowest BCUT2D eigenvalue weighted by molar-refractivity contribution is -0.386. The second kappa shape index (κ2) is 5.35. The van der Waals surface area contributed by atoms with Gasteiger partial charge in [-0.25, -0.2) is 13.1 Å². The van der Waals surface area contributed by atoms with Gasteiger partial charge in [-0.1, -0.05) is 13.0 Å². The zero-order chi connectivity index (χ0) is 14.9. The number of hydrazine groups is 1. The van der Waals surface area contributed by atoms with Gasteiger partial charge >= 0.3 is 5.69 Å². The van der Waals surface area contributed by atoms with Crippen molar-refractivity contribution in [1.82, 2.24) is 4.72 Å². The van der Waals surface area contributed by atoms with Crippen molar-refractivity contribution in [2.24, 2.45) is 17.7 Å². The van der Waals surface area contributed by atoms with Crippen molar-refractivity contribution in [2.75, 3.05) is 12.0 Å². The van der Waals surface area contributed by atoms with Crippen LogP contribution in [0.25, 0.3) is 0 Å². The van der Waals surface area contributed by atoms with Crippen molar-refractivity contribution < 1.29 is 13.3 Å². The second-order valence-electron chi connectivity index (χ2n) is 4.88. The van der Waals surface area contributed by atoms with Crippen molar-refractivity contribution >= 4 is 21.4 Å². The lowest BCUT2D eigenvalue weighted by Gasteiger charge is -2.09. The normalized spacial score (nSPS) is 21.5. The molecule has 0 radical (unpaired) electrons. The van der Waals surface area contributed by atoms with Gasteiger partial charge in [0.25, 0.3) is 0 Å². The van der Waals surface area contributed by atoms with Gasteiger partial charge in [-0.15, -0.1) is 0 Å². The Hall–Kier alpha value is -1.71. The van der Waals surface area contributed by atoms with Gasteiger partial charge in [0, 0.05) is 6.54 Å². The molecule has 0 bridgehead atoms. The Morgan fingerprint density at radius 1 is 1.50 bits per heavy atom. The highest BCUT2D eigenvalue weighted by Crippen LogP contribution is 2.37. The molecular formula is C11H16N4O4S. The predicted octanol–water partition coefficient (Wildman–Crippen LogP) is 0.815. The average molecular weight is 300 g/mol. The molecule has 1 aliphatic rings. The van der Waals surface area contributed by atoms with E-state index in [9.17, 15) is 18.5 Å². The molecule has 1 aromatic rings. The van der Waals surface area contributed by atoms with Crippen molar-refractivity contribution in [2.45, 2.75) is 18.2 Å². The van der Waals surface area contributed by atoms with E-state index in [2.05, 4.69) is 10.1 Å². The lowest BCUT2D eigenvalue weighted by atomic mass is 10.3. The Bertz CT molecular complexity index is 631. The van der Waals surface area contributed by atoms with Crippen LogP contribution in [0.4, 0.5) is 11.4 Å². The minimum Gasteiger partial charge on any atom is -0.318 e. The fourth-order valence-corrected chi connectivity index (χ4v) is 3.31. The zero-order valence-electron chi connectivity index (χ0n) is 10.9. The number of hydrogen-bond acceptors (Lipinski definition) is 6. The van der Waals surface area contributed by atoms with Crippen LogP contribution in [0.1, 0.15) is 13.3 Å². The topological polar surface area (TPSA) is 127 Å². The molecule has 8 nitrogen and oxygen atoms in total. The number of para-hydroxylation sites is 1. The highest BCUT2D eigenvalue weighted by Gasteiger charge is 2.35. The van der Waals surface area contributed by atoms with Gasteiger partial charge in [0.1, 0.15) is 5.69 Å². The third-order valence-electron chi connectivity index (χ3n) is 3.44. The summed E-state index contributed by atoms with van der Waals surface area (Å²) in [4.78, 5) is 9.92. The summed E-state index contributed by atoms with van der Waals surface area (Å²) in [6, 6.07) is 3.94. The van der Waals surface area contributed by atoms with E-state index < -0.39 is 20.6 Å². The molecule has 0 amide bonds. The van der Waals surface area contributed by atoms with Crippen molar-refractivity contribution in [3.8, 4) is 0 Å². The molecule has 9 heteroatoms. The summed E-state index contributed by atoms with van der Waals surface area (Å²) in [6.45, 7) is 2.32. The molecule has 4 N–H and O–H groups in total. The Kier molecular flexibility index (Phi) is 3.93. The molecule has 0 aromatic heterocycles. The van der Waals surface area contributed by atoms with E-state index in [-0.39, 0.29) is 10.6 Å². The van der Waals surface area contributed by atoms with Crippen molar-refractivity contribution in [3.05, 3.63) is 28.3 Å². The second-order valence-corrected chi connectivity index (χ2v) is 6.61. The monoisotopic (exact) mass is 300 g/mol. The highest BCUT2D eigenvalue weighted by atomic mass is 32.2. The molecule has 1 aliphatic carbocycles. The number of hydrogen-bond donors (Lipinski definition) is 3. The number of anilines is 1. The van der Waals surface area contributed by atoms with Crippen LogP contribution >= 0.6 is 0 Å². The van der Waals surface area contributed by atoms with E-state index in [0.717, 1.165) is 6.42 Å². The molecular weight excluding hydrogens is 284 g/mol. The first-order valence-corrected chi connectivity index (χ1v) is 7.59. The summed E-state index contributed by atoms with van der Waals surface area (Å²) in [5, 5.41) is 11.1. The van der Waals surface area contributed by atoms with E-state index in [1.807, 2.05) is 6.92 Å². The maximum atomic E-state index is 12.2. The summed E-state index contributed by atoms with van der Waals surface area (Å²) < 4.78 is 26.8. The van der Waals surface area contributed by atoms with Gasteiger partial charge in [-0.3, -0.25) is 16.0 Å².